The van der Waals surface area contributed by atoms with E-state index in [4.69, 9.17) is 14.2 Å². The predicted octanol–water partition coefficient (Wildman–Crippen LogP) is 4.39. The minimum absolute atomic E-state index is 0.187. The van der Waals surface area contributed by atoms with E-state index >= 15 is 0 Å². The Morgan fingerprint density at radius 2 is 1.83 bits per heavy atom. The summed E-state index contributed by atoms with van der Waals surface area (Å²) in [4.78, 5) is 11.6. The van der Waals surface area contributed by atoms with Crippen LogP contribution in [0.25, 0.3) is 0 Å². The van der Waals surface area contributed by atoms with E-state index in [0.717, 1.165) is 5.56 Å². The number of carbonyl (C=O) groups is 1. The topological polar surface area (TPSA) is 44.8 Å². The minimum atomic E-state index is -0.477. The lowest BCUT2D eigenvalue weighted by molar-refractivity contribution is 0.101. The van der Waals surface area contributed by atoms with Crippen LogP contribution in [0.5, 0.6) is 17.2 Å². The molecule has 0 fully saturated rings. The molecule has 0 saturated heterocycles. The van der Waals surface area contributed by atoms with E-state index in [1.54, 1.807) is 20.3 Å². The minimum Gasteiger partial charge on any atom is -0.493 e. The molecule has 2 rings (SSSR count). The molecule has 0 amide bonds. The van der Waals surface area contributed by atoms with E-state index in [-0.39, 0.29) is 18.0 Å². The van der Waals surface area contributed by atoms with E-state index in [2.05, 4.69) is 15.9 Å². The van der Waals surface area contributed by atoms with Gasteiger partial charge in [0.15, 0.2) is 17.3 Å². The number of carbonyl (C=O) groups excluding carboxylic acids is 1. The SMILES string of the molecule is COc1ccc(COc2ccc(F)cc2C(C)=O)c(Br)c1OC. The highest BCUT2D eigenvalue weighted by Gasteiger charge is 2.15. The molecule has 0 spiro atoms. The number of Topliss-reactive ketones (excluding diaryl/α,β-unsaturated/α-hetero) is 1. The van der Waals surface area contributed by atoms with Gasteiger partial charge in [-0.15, -0.1) is 0 Å². The summed E-state index contributed by atoms with van der Waals surface area (Å²) in [6.07, 6.45) is 0. The van der Waals surface area contributed by atoms with Crippen molar-refractivity contribution in [2.24, 2.45) is 0 Å². The molecule has 0 heterocycles. The van der Waals surface area contributed by atoms with Crippen molar-refractivity contribution in [2.75, 3.05) is 14.2 Å². The number of hydrogen-bond donors (Lipinski definition) is 0. The van der Waals surface area contributed by atoms with Gasteiger partial charge in [0.1, 0.15) is 18.2 Å². The van der Waals surface area contributed by atoms with Gasteiger partial charge in [0.05, 0.1) is 24.3 Å². The van der Waals surface area contributed by atoms with Gasteiger partial charge in [-0.05, 0) is 47.1 Å². The molecule has 0 bridgehead atoms. The van der Waals surface area contributed by atoms with Crippen molar-refractivity contribution in [2.45, 2.75) is 13.5 Å². The van der Waals surface area contributed by atoms with Gasteiger partial charge >= 0.3 is 0 Å². The number of hydrogen-bond acceptors (Lipinski definition) is 4. The van der Waals surface area contributed by atoms with Gasteiger partial charge in [-0.1, -0.05) is 6.07 Å². The Hall–Kier alpha value is -2.08. The second-order valence-electron chi connectivity index (χ2n) is 4.76. The van der Waals surface area contributed by atoms with Crippen molar-refractivity contribution in [3.05, 3.63) is 51.7 Å². The zero-order valence-electron chi connectivity index (χ0n) is 13.0. The van der Waals surface area contributed by atoms with Crippen LogP contribution >= 0.6 is 15.9 Å². The molecule has 122 valence electrons. The second kappa shape index (κ2) is 7.46. The summed E-state index contributed by atoms with van der Waals surface area (Å²) >= 11 is 3.45. The number of benzene rings is 2. The summed E-state index contributed by atoms with van der Waals surface area (Å²) in [5, 5.41) is 0. The smallest absolute Gasteiger partial charge is 0.175 e. The molecule has 0 aliphatic rings. The van der Waals surface area contributed by atoms with Gasteiger partial charge < -0.3 is 14.2 Å². The molecule has 23 heavy (non-hydrogen) atoms. The lowest BCUT2D eigenvalue weighted by Crippen LogP contribution is -2.03. The first-order valence-electron chi connectivity index (χ1n) is 6.80. The molecule has 0 atom stereocenters. The Morgan fingerprint density at radius 3 is 2.43 bits per heavy atom. The van der Waals surface area contributed by atoms with Crippen LogP contribution in [0.4, 0.5) is 4.39 Å². The summed E-state index contributed by atoms with van der Waals surface area (Å²) in [7, 11) is 3.10. The number of ketones is 1. The molecule has 6 heteroatoms. The highest BCUT2D eigenvalue weighted by molar-refractivity contribution is 9.10. The first-order chi connectivity index (χ1) is 11.0. The third-order valence-electron chi connectivity index (χ3n) is 3.27. The van der Waals surface area contributed by atoms with E-state index in [1.165, 1.54) is 25.1 Å². The first-order valence-corrected chi connectivity index (χ1v) is 7.59. The Kier molecular flexibility index (Phi) is 5.60. The quantitative estimate of drug-likeness (QED) is 0.695. The molecule has 2 aromatic rings. The third-order valence-corrected chi connectivity index (χ3v) is 4.14. The summed E-state index contributed by atoms with van der Waals surface area (Å²) in [5.41, 5.74) is 1.02. The van der Waals surface area contributed by atoms with Crippen molar-refractivity contribution in [3.8, 4) is 17.2 Å². The summed E-state index contributed by atoms with van der Waals surface area (Å²) < 4.78 is 30.2. The van der Waals surface area contributed by atoms with Crippen LogP contribution in [0.2, 0.25) is 0 Å². The fraction of sp³-hybridized carbons (Fsp3) is 0.235. The fourth-order valence-electron chi connectivity index (χ4n) is 2.10. The van der Waals surface area contributed by atoms with Crippen LogP contribution in [-0.4, -0.2) is 20.0 Å². The Morgan fingerprint density at radius 1 is 1.13 bits per heavy atom. The monoisotopic (exact) mass is 382 g/mol. The van der Waals surface area contributed by atoms with Crippen molar-refractivity contribution in [1.82, 2.24) is 0 Å². The number of ether oxygens (including phenoxy) is 3. The van der Waals surface area contributed by atoms with Crippen LogP contribution in [0.3, 0.4) is 0 Å². The highest BCUT2D eigenvalue weighted by Crippen LogP contribution is 2.38. The Balaban J connectivity index is 2.27. The molecule has 0 aliphatic heterocycles. The van der Waals surface area contributed by atoms with Gasteiger partial charge in [-0.2, -0.15) is 0 Å². The number of rotatable bonds is 6. The van der Waals surface area contributed by atoms with E-state index < -0.39 is 5.82 Å². The summed E-state index contributed by atoms with van der Waals surface area (Å²) in [6, 6.07) is 7.45. The molecule has 2 aromatic carbocycles. The maximum absolute atomic E-state index is 13.3. The lowest BCUT2D eigenvalue weighted by atomic mass is 10.1. The van der Waals surface area contributed by atoms with Gasteiger partial charge in [0, 0.05) is 5.56 Å². The number of methoxy groups -OCH3 is 2. The molecule has 0 radical (unpaired) electrons. The lowest BCUT2D eigenvalue weighted by Gasteiger charge is -2.14. The van der Waals surface area contributed by atoms with Crippen molar-refractivity contribution in [3.63, 3.8) is 0 Å². The average Bonchev–Trinajstić information content (AvgIpc) is 2.54. The molecule has 0 unspecified atom stereocenters. The normalized spacial score (nSPS) is 10.3. The van der Waals surface area contributed by atoms with E-state index in [0.29, 0.717) is 21.7 Å². The zero-order valence-corrected chi connectivity index (χ0v) is 14.6. The highest BCUT2D eigenvalue weighted by atomic mass is 79.9. The van der Waals surface area contributed by atoms with Crippen LogP contribution in [0, 0.1) is 5.82 Å². The Labute approximate surface area is 142 Å². The van der Waals surface area contributed by atoms with E-state index in [1.807, 2.05) is 6.07 Å². The molecular formula is C17H16BrFO4. The molecule has 4 nitrogen and oxygen atoms in total. The van der Waals surface area contributed by atoms with Gasteiger partial charge in [-0.25, -0.2) is 4.39 Å². The van der Waals surface area contributed by atoms with Crippen LogP contribution in [0.1, 0.15) is 22.8 Å². The molecule has 0 saturated carbocycles. The molecular weight excluding hydrogens is 367 g/mol. The van der Waals surface area contributed by atoms with Gasteiger partial charge in [0.25, 0.3) is 0 Å². The maximum atomic E-state index is 13.3. The van der Waals surface area contributed by atoms with Gasteiger partial charge in [0.2, 0.25) is 0 Å². The Bertz CT molecular complexity index is 731. The van der Waals surface area contributed by atoms with Gasteiger partial charge in [-0.3, -0.25) is 4.79 Å². The van der Waals surface area contributed by atoms with Crippen molar-refractivity contribution >= 4 is 21.7 Å². The fourth-order valence-corrected chi connectivity index (χ4v) is 2.70. The third kappa shape index (κ3) is 3.82. The largest absolute Gasteiger partial charge is 0.493 e. The van der Waals surface area contributed by atoms with Crippen molar-refractivity contribution in [1.29, 1.82) is 0 Å². The number of halogens is 2. The second-order valence-corrected chi connectivity index (χ2v) is 5.55. The first kappa shape index (κ1) is 17.3. The standard InChI is InChI=1S/C17H16BrFO4/c1-10(20)13-8-12(19)5-7-14(13)23-9-11-4-6-15(21-2)17(22-3)16(11)18/h4-8H,9H2,1-3H3. The van der Waals surface area contributed by atoms with Crippen LogP contribution in [0.15, 0.2) is 34.8 Å². The average molecular weight is 383 g/mol. The van der Waals surface area contributed by atoms with Crippen LogP contribution < -0.4 is 14.2 Å². The molecule has 0 aromatic heterocycles. The molecule has 0 aliphatic carbocycles. The van der Waals surface area contributed by atoms with Crippen molar-refractivity contribution < 1.29 is 23.4 Å². The van der Waals surface area contributed by atoms with E-state index in [9.17, 15) is 9.18 Å². The molecule has 0 N–H and O–H groups in total. The summed E-state index contributed by atoms with van der Waals surface area (Å²) in [5.74, 6) is 0.745. The maximum Gasteiger partial charge on any atom is 0.175 e. The van der Waals surface area contributed by atoms with Crippen LogP contribution in [-0.2, 0) is 6.61 Å². The predicted molar refractivity (Wildman–Crippen MR) is 88.0 cm³/mol. The zero-order chi connectivity index (χ0) is 17.0. The summed E-state index contributed by atoms with van der Waals surface area (Å²) in [6.45, 7) is 1.56.